The van der Waals surface area contributed by atoms with E-state index in [-0.39, 0.29) is 0 Å². The van der Waals surface area contributed by atoms with Crippen molar-refractivity contribution >= 4 is 33.1 Å². The van der Waals surface area contributed by atoms with E-state index in [0.29, 0.717) is 0 Å². The van der Waals surface area contributed by atoms with Gasteiger partial charge in [0.1, 0.15) is 11.0 Å². The van der Waals surface area contributed by atoms with Crippen LogP contribution in [0.15, 0.2) is 53.0 Å². The van der Waals surface area contributed by atoms with Gasteiger partial charge in [0.2, 0.25) is 0 Å². The Labute approximate surface area is 160 Å². The molecule has 0 aliphatic rings. The molecule has 26 heavy (non-hydrogen) atoms. The summed E-state index contributed by atoms with van der Waals surface area (Å²) in [6.45, 7) is 7.54. The molecule has 0 fully saturated rings. The number of hydrogen-bond acceptors (Lipinski definition) is 5. The molecule has 136 valence electrons. The van der Waals surface area contributed by atoms with E-state index >= 15 is 0 Å². The largest absolute Gasteiger partial charge is 0.331 e. The predicted octanol–water partition coefficient (Wildman–Crippen LogP) is 4.62. The number of aromatic nitrogens is 2. The van der Waals surface area contributed by atoms with E-state index in [0.717, 1.165) is 45.6 Å². The number of rotatable bonds is 7. The number of pyridine rings is 1. The summed E-state index contributed by atoms with van der Waals surface area (Å²) in [6, 6.07) is 9.83. The van der Waals surface area contributed by atoms with Crippen LogP contribution >= 0.6 is 11.3 Å². The quantitative estimate of drug-likeness (QED) is 0.644. The number of benzene rings is 1. The molecule has 0 amide bonds. The molecule has 3 aromatic rings. The third kappa shape index (κ3) is 4.17. The van der Waals surface area contributed by atoms with Crippen LogP contribution in [0.5, 0.6) is 0 Å². The van der Waals surface area contributed by atoms with Crippen LogP contribution in [0.25, 0.3) is 11.3 Å². The fourth-order valence-electron chi connectivity index (χ4n) is 2.56. The molecule has 2 heterocycles. The summed E-state index contributed by atoms with van der Waals surface area (Å²) in [5.41, 5.74) is 3.79. The van der Waals surface area contributed by atoms with E-state index in [4.69, 9.17) is 0 Å². The van der Waals surface area contributed by atoms with E-state index in [1.165, 1.54) is 11.3 Å². The fourth-order valence-corrected chi connectivity index (χ4v) is 4.62. The molecule has 0 bridgehead atoms. The normalized spacial score (nSPS) is 12.3. The second kappa shape index (κ2) is 8.53. The lowest BCUT2D eigenvalue weighted by molar-refractivity contribution is 0.489. The van der Waals surface area contributed by atoms with Crippen LogP contribution in [0.4, 0.5) is 10.8 Å². The van der Waals surface area contributed by atoms with Gasteiger partial charge >= 0.3 is 0 Å². The minimum Gasteiger partial charge on any atom is -0.331 e. The maximum Gasteiger partial charge on any atom is 0.187 e. The highest BCUT2D eigenvalue weighted by molar-refractivity contribution is 7.82. The van der Waals surface area contributed by atoms with Crippen LogP contribution in [-0.4, -0.2) is 31.6 Å². The molecular formula is C19H22N4OS2. The summed E-state index contributed by atoms with van der Waals surface area (Å²) in [5, 5.41) is 6.13. The maximum atomic E-state index is 12.8. The lowest BCUT2D eigenvalue weighted by Crippen LogP contribution is -2.25. The Bertz CT molecular complexity index is 892. The Morgan fingerprint density at radius 3 is 2.73 bits per heavy atom. The molecule has 1 aromatic carbocycles. The average molecular weight is 387 g/mol. The molecule has 3 rings (SSSR count). The van der Waals surface area contributed by atoms with Crippen molar-refractivity contribution in [2.24, 2.45) is 0 Å². The smallest absolute Gasteiger partial charge is 0.187 e. The molecule has 5 nitrogen and oxygen atoms in total. The van der Waals surface area contributed by atoms with Crippen molar-refractivity contribution in [2.45, 2.75) is 25.7 Å². The molecule has 1 atom stereocenters. The number of anilines is 2. The standard InChI is InChI=1S/C19H22N4OS2/c1-4-23(5-2)26(24)18-11-16(9-8-14(18)3)21-19-22-17(13-25-19)15-7-6-10-20-12-15/h6-13H,4-5H2,1-3H3,(H,21,22). The molecule has 0 aliphatic carbocycles. The SMILES string of the molecule is CCN(CC)S(=O)c1cc(Nc2nc(-c3cccnc3)cs2)ccc1C. The number of nitrogens with one attached hydrogen (secondary N) is 1. The molecule has 1 unspecified atom stereocenters. The van der Waals surface area contributed by atoms with Crippen molar-refractivity contribution in [1.29, 1.82) is 0 Å². The van der Waals surface area contributed by atoms with Gasteiger partial charge in [-0.05, 0) is 36.8 Å². The van der Waals surface area contributed by atoms with Crippen LogP contribution in [-0.2, 0) is 11.0 Å². The summed E-state index contributed by atoms with van der Waals surface area (Å²) < 4.78 is 14.8. The first kappa shape index (κ1) is 18.7. The Balaban J connectivity index is 1.82. The van der Waals surface area contributed by atoms with Gasteiger partial charge in [0.15, 0.2) is 5.13 Å². The lowest BCUT2D eigenvalue weighted by atomic mass is 10.2. The number of nitrogens with zero attached hydrogens (tertiary/aromatic N) is 3. The molecule has 2 aromatic heterocycles. The zero-order valence-electron chi connectivity index (χ0n) is 15.1. The van der Waals surface area contributed by atoms with Gasteiger partial charge in [-0.1, -0.05) is 19.9 Å². The topological polar surface area (TPSA) is 58.1 Å². The Hall–Kier alpha value is -2.09. The van der Waals surface area contributed by atoms with Crippen LogP contribution in [0, 0.1) is 6.92 Å². The molecule has 0 radical (unpaired) electrons. The van der Waals surface area contributed by atoms with E-state index < -0.39 is 11.0 Å². The highest BCUT2D eigenvalue weighted by Gasteiger charge is 2.15. The second-order valence-corrected chi connectivity index (χ2v) is 8.06. The molecule has 1 N–H and O–H groups in total. The molecule has 0 spiro atoms. The summed E-state index contributed by atoms with van der Waals surface area (Å²) >= 11 is 1.54. The Morgan fingerprint density at radius 1 is 1.23 bits per heavy atom. The number of hydrogen-bond donors (Lipinski definition) is 1. The number of aryl methyl sites for hydroxylation is 1. The van der Waals surface area contributed by atoms with Gasteiger partial charge in [0.25, 0.3) is 0 Å². The third-order valence-electron chi connectivity index (χ3n) is 4.03. The molecular weight excluding hydrogens is 364 g/mol. The van der Waals surface area contributed by atoms with Gasteiger partial charge in [-0.3, -0.25) is 4.98 Å². The van der Waals surface area contributed by atoms with Crippen molar-refractivity contribution in [3.8, 4) is 11.3 Å². The van der Waals surface area contributed by atoms with E-state index in [1.54, 1.807) is 12.4 Å². The first-order valence-corrected chi connectivity index (χ1v) is 10.5. The summed E-state index contributed by atoms with van der Waals surface area (Å²) in [6.07, 6.45) is 3.55. The second-order valence-electron chi connectivity index (χ2n) is 5.75. The predicted molar refractivity (Wildman–Crippen MR) is 109 cm³/mol. The molecule has 0 saturated carbocycles. The first-order valence-electron chi connectivity index (χ1n) is 8.52. The zero-order valence-corrected chi connectivity index (χ0v) is 16.7. The van der Waals surface area contributed by atoms with Crippen LogP contribution in [0.1, 0.15) is 19.4 Å². The fraction of sp³-hybridized carbons (Fsp3) is 0.263. The number of thiazole rings is 1. The highest BCUT2D eigenvalue weighted by Crippen LogP contribution is 2.28. The van der Waals surface area contributed by atoms with Crippen molar-refractivity contribution in [3.05, 3.63) is 53.7 Å². The monoisotopic (exact) mass is 386 g/mol. The molecule has 0 aliphatic heterocycles. The van der Waals surface area contributed by atoms with E-state index in [9.17, 15) is 4.21 Å². The highest BCUT2D eigenvalue weighted by atomic mass is 32.2. The lowest BCUT2D eigenvalue weighted by Gasteiger charge is -2.19. The summed E-state index contributed by atoms with van der Waals surface area (Å²) in [4.78, 5) is 9.59. The minimum absolute atomic E-state index is 0.751. The first-order chi connectivity index (χ1) is 12.6. The summed E-state index contributed by atoms with van der Waals surface area (Å²) in [7, 11) is -1.16. The van der Waals surface area contributed by atoms with Gasteiger partial charge in [0, 0.05) is 42.1 Å². The third-order valence-corrected chi connectivity index (χ3v) is 6.59. The van der Waals surface area contributed by atoms with Crippen LogP contribution < -0.4 is 5.32 Å². The van der Waals surface area contributed by atoms with Gasteiger partial charge in [-0.25, -0.2) is 13.5 Å². The van der Waals surface area contributed by atoms with Crippen molar-refractivity contribution in [3.63, 3.8) is 0 Å². The molecule has 0 saturated heterocycles. The van der Waals surface area contributed by atoms with E-state index in [1.807, 2.05) is 60.8 Å². The van der Waals surface area contributed by atoms with Gasteiger partial charge in [-0.15, -0.1) is 11.3 Å². The van der Waals surface area contributed by atoms with Crippen molar-refractivity contribution in [2.75, 3.05) is 18.4 Å². The Kier molecular flexibility index (Phi) is 6.13. The van der Waals surface area contributed by atoms with Gasteiger partial charge in [-0.2, -0.15) is 0 Å². The average Bonchev–Trinajstić information content (AvgIpc) is 3.13. The minimum atomic E-state index is -1.16. The van der Waals surface area contributed by atoms with Crippen LogP contribution in [0.3, 0.4) is 0 Å². The Morgan fingerprint density at radius 2 is 2.04 bits per heavy atom. The van der Waals surface area contributed by atoms with Gasteiger partial charge in [0.05, 0.1) is 10.6 Å². The summed E-state index contributed by atoms with van der Waals surface area (Å²) in [5.74, 6) is 0. The van der Waals surface area contributed by atoms with Gasteiger partial charge < -0.3 is 5.32 Å². The van der Waals surface area contributed by atoms with Crippen molar-refractivity contribution < 1.29 is 4.21 Å². The molecule has 7 heteroatoms. The van der Waals surface area contributed by atoms with E-state index in [2.05, 4.69) is 15.3 Å². The van der Waals surface area contributed by atoms with Crippen LogP contribution in [0.2, 0.25) is 0 Å². The maximum absolute atomic E-state index is 12.8. The zero-order chi connectivity index (χ0) is 18.5. The van der Waals surface area contributed by atoms with Crippen molar-refractivity contribution in [1.82, 2.24) is 14.3 Å².